The van der Waals surface area contributed by atoms with Crippen LogP contribution in [-0.4, -0.2) is 19.1 Å². The van der Waals surface area contributed by atoms with Crippen LogP contribution >= 0.6 is 0 Å². The first kappa shape index (κ1) is 13.9. The number of rotatable bonds is 2. The predicted octanol–water partition coefficient (Wildman–Crippen LogP) is 0.184. The number of aryl methyl sites for hydroxylation is 1. The minimum Gasteiger partial charge on any atom is -0.465 e. The number of hydrogen-bond acceptors (Lipinski definition) is 5. The number of anilines is 1. The van der Waals surface area contributed by atoms with E-state index in [1.165, 1.54) is 6.07 Å². The van der Waals surface area contributed by atoms with Gasteiger partial charge in [-0.25, -0.2) is 30.7 Å². The number of nitrogens with two attached hydrogens (primary N) is 2. The Bertz CT molecular complexity index is 492. The molecular formula is C10H13FN4O3. The summed E-state index contributed by atoms with van der Waals surface area (Å²) < 4.78 is 18.2. The lowest BCUT2D eigenvalue weighted by atomic mass is 10.1. The highest BCUT2D eigenvalue weighted by molar-refractivity contribution is 6.02. The van der Waals surface area contributed by atoms with Gasteiger partial charge in [-0.2, -0.15) is 0 Å². The van der Waals surface area contributed by atoms with Crippen LogP contribution < -0.4 is 22.1 Å². The third kappa shape index (κ3) is 2.39. The van der Waals surface area contributed by atoms with Gasteiger partial charge in [0.25, 0.3) is 0 Å². The molecule has 0 aromatic heterocycles. The van der Waals surface area contributed by atoms with Crippen molar-refractivity contribution in [3.05, 3.63) is 29.1 Å². The van der Waals surface area contributed by atoms with E-state index < -0.39 is 23.5 Å². The summed E-state index contributed by atoms with van der Waals surface area (Å²) in [5.74, 6) is 8.66. The number of amides is 2. The molecule has 0 atom stereocenters. The van der Waals surface area contributed by atoms with Crippen LogP contribution in [0.15, 0.2) is 12.1 Å². The van der Waals surface area contributed by atoms with E-state index in [4.69, 9.17) is 11.7 Å². The van der Waals surface area contributed by atoms with Crippen LogP contribution in [0.1, 0.15) is 15.9 Å². The van der Waals surface area contributed by atoms with Crippen LogP contribution in [0.5, 0.6) is 0 Å². The lowest BCUT2D eigenvalue weighted by Crippen LogP contribution is -2.48. The summed E-state index contributed by atoms with van der Waals surface area (Å²) in [5.41, 5.74) is 1.62. The molecule has 0 saturated heterocycles. The zero-order chi connectivity index (χ0) is 13.9. The van der Waals surface area contributed by atoms with Crippen molar-refractivity contribution in [2.75, 3.05) is 12.1 Å². The molecule has 0 spiro atoms. The molecule has 1 rings (SSSR count). The van der Waals surface area contributed by atoms with Crippen LogP contribution in [0.4, 0.5) is 14.9 Å². The number of benzene rings is 1. The van der Waals surface area contributed by atoms with Gasteiger partial charge in [-0.05, 0) is 18.6 Å². The number of halogens is 1. The third-order valence-corrected chi connectivity index (χ3v) is 2.31. The Kier molecular flexibility index (Phi) is 4.18. The fourth-order valence-corrected chi connectivity index (χ4v) is 1.43. The smallest absolute Gasteiger partial charge is 0.350 e. The molecule has 0 aliphatic carbocycles. The molecule has 0 saturated carbocycles. The third-order valence-electron chi connectivity index (χ3n) is 2.31. The number of carbonyl (C=O) groups is 2. The monoisotopic (exact) mass is 256 g/mol. The number of nitrogens with zero attached hydrogens (tertiary/aromatic N) is 1. The maximum Gasteiger partial charge on any atom is 0.350 e. The number of urea groups is 1. The molecule has 98 valence electrons. The largest absolute Gasteiger partial charge is 0.465 e. The van der Waals surface area contributed by atoms with Crippen molar-refractivity contribution >= 4 is 17.7 Å². The normalized spacial score (nSPS) is 9.83. The number of ether oxygens (including phenoxy) is 1. The first-order chi connectivity index (χ1) is 8.43. The predicted molar refractivity (Wildman–Crippen MR) is 61.9 cm³/mol. The molecule has 8 heteroatoms. The minimum absolute atomic E-state index is 0.136. The van der Waals surface area contributed by atoms with E-state index in [0.29, 0.717) is 10.6 Å². The number of methoxy groups -OCH3 is 1. The average molecular weight is 256 g/mol. The lowest BCUT2D eigenvalue weighted by Gasteiger charge is -2.20. The Morgan fingerprint density at radius 2 is 2.06 bits per heavy atom. The van der Waals surface area contributed by atoms with Gasteiger partial charge in [0.1, 0.15) is 11.5 Å². The van der Waals surface area contributed by atoms with Crippen LogP contribution in [0.25, 0.3) is 0 Å². The second-order valence-corrected chi connectivity index (χ2v) is 3.40. The molecule has 1 aromatic rings. The van der Waals surface area contributed by atoms with Crippen molar-refractivity contribution in [1.82, 2.24) is 5.43 Å². The van der Waals surface area contributed by atoms with E-state index in [2.05, 4.69) is 4.74 Å². The van der Waals surface area contributed by atoms with Crippen molar-refractivity contribution < 1.29 is 18.7 Å². The summed E-state index contributed by atoms with van der Waals surface area (Å²) in [7, 11) is 1.14. The fourth-order valence-electron chi connectivity index (χ4n) is 1.43. The average Bonchev–Trinajstić information content (AvgIpc) is 2.38. The number of carbonyl (C=O) groups excluding carboxylic acids is 2. The summed E-state index contributed by atoms with van der Waals surface area (Å²) in [6.45, 7) is 1.56. The van der Waals surface area contributed by atoms with Crippen LogP contribution in [0.2, 0.25) is 0 Å². The minimum atomic E-state index is -0.968. The summed E-state index contributed by atoms with van der Waals surface area (Å²) >= 11 is 0. The van der Waals surface area contributed by atoms with E-state index in [9.17, 15) is 14.0 Å². The second kappa shape index (κ2) is 5.43. The standard InChI is InChI=1S/C10H13FN4O3/c1-5-3-4-6(11)8(7(5)9(16)18-2)15(13)10(17)14-12/h3-4H,12-13H2,1-2H3,(H,14,17). The Hall–Kier alpha value is -2.19. The van der Waals surface area contributed by atoms with Gasteiger partial charge < -0.3 is 4.74 Å². The zero-order valence-electron chi connectivity index (χ0n) is 9.86. The van der Waals surface area contributed by atoms with Gasteiger partial charge in [0.15, 0.2) is 0 Å². The molecule has 0 aliphatic rings. The first-order valence-corrected chi connectivity index (χ1v) is 4.86. The topological polar surface area (TPSA) is 111 Å². The summed E-state index contributed by atoms with van der Waals surface area (Å²) in [4.78, 5) is 22.9. The van der Waals surface area contributed by atoms with Crippen molar-refractivity contribution in [1.29, 1.82) is 0 Å². The molecule has 2 amide bonds. The fraction of sp³-hybridized carbons (Fsp3) is 0.200. The molecule has 1 aromatic carbocycles. The van der Waals surface area contributed by atoms with Crippen molar-refractivity contribution in [2.45, 2.75) is 6.92 Å². The van der Waals surface area contributed by atoms with E-state index in [0.717, 1.165) is 13.2 Å². The number of esters is 1. The van der Waals surface area contributed by atoms with Crippen molar-refractivity contribution in [2.24, 2.45) is 11.7 Å². The van der Waals surface area contributed by atoms with Gasteiger partial charge >= 0.3 is 12.0 Å². The van der Waals surface area contributed by atoms with Crippen molar-refractivity contribution in [3.63, 3.8) is 0 Å². The SMILES string of the molecule is COC(=O)c1c(C)ccc(F)c1N(N)C(=O)NN. The summed E-state index contributed by atoms with van der Waals surface area (Å²) in [6, 6.07) is 1.49. The molecule has 0 aliphatic heterocycles. The highest BCUT2D eigenvalue weighted by atomic mass is 19.1. The van der Waals surface area contributed by atoms with Crippen LogP contribution in [-0.2, 0) is 4.74 Å². The maximum atomic E-state index is 13.7. The second-order valence-electron chi connectivity index (χ2n) is 3.40. The number of hydrogen-bond donors (Lipinski definition) is 3. The molecule has 0 fully saturated rings. The molecule has 0 radical (unpaired) electrons. The molecular weight excluding hydrogens is 243 g/mol. The number of nitrogens with one attached hydrogen (secondary N) is 1. The Morgan fingerprint density at radius 3 is 2.56 bits per heavy atom. The molecule has 0 heterocycles. The first-order valence-electron chi connectivity index (χ1n) is 4.86. The molecule has 5 N–H and O–H groups in total. The van der Waals surface area contributed by atoms with Gasteiger partial charge in [0.05, 0.1) is 12.7 Å². The zero-order valence-corrected chi connectivity index (χ0v) is 9.86. The lowest BCUT2D eigenvalue weighted by molar-refractivity contribution is 0.0600. The highest BCUT2D eigenvalue weighted by Gasteiger charge is 2.25. The van der Waals surface area contributed by atoms with E-state index in [1.54, 1.807) is 12.3 Å². The quantitative estimate of drug-likeness (QED) is 0.302. The molecule has 0 unspecified atom stereocenters. The van der Waals surface area contributed by atoms with Gasteiger partial charge in [0.2, 0.25) is 0 Å². The Morgan fingerprint density at radius 1 is 1.44 bits per heavy atom. The van der Waals surface area contributed by atoms with Gasteiger partial charge in [-0.15, -0.1) is 0 Å². The maximum absolute atomic E-state index is 13.7. The summed E-state index contributed by atoms with van der Waals surface area (Å²) in [5, 5.41) is 0.411. The summed E-state index contributed by atoms with van der Waals surface area (Å²) in [6.07, 6.45) is 0. The Balaban J connectivity index is 3.45. The van der Waals surface area contributed by atoms with Gasteiger partial charge in [-0.1, -0.05) is 6.07 Å². The van der Waals surface area contributed by atoms with Gasteiger partial charge in [-0.3, -0.25) is 5.43 Å². The molecule has 18 heavy (non-hydrogen) atoms. The van der Waals surface area contributed by atoms with Crippen LogP contribution in [0.3, 0.4) is 0 Å². The van der Waals surface area contributed by atoms with E-state index >= 15 is 0 Å². The molecule has 7 nitrogen and oxygen atoms in total. The van der Waals surface area contributed by atoms with Crippen molar-refractivity contribution in [3.8, 4) is 0 Å². The number of hydrazine groups is 2. The highest BCUT2D eigenvalue weighted by Crippen LogP contribution is 2.26. The van der Waals surface area contributed by atoms with Crippen LogP contribution in [0, 0.1) is 12.7 Å². The van der Waals surface area contributed by atoms with Gasteiger partial charge in [0, 0.05) is 0 Å². The molecule has 0 bridgehead atoms. The Labute approximate surface area is 102 Å². The van der Waals surface area contributed by atoms with E-state index in [1.807, 2.05) is 0 Å². The van der Waals surface area contributed by atoms with E-state index in [-0.39, 0.29) is 5.56 Å².